The fourth-order valence-electron chi connectivity index (χ4n) is 3.10. The molecule has 0 radical (unpaired) electrons. The summed E-state index contributed by atoms with van der Waals surface area (Å²) in [4.78, 5) is 0. The van der Waals surface area contributed by atoms with Crippen molar-refractivity contribution in [2.45, 2.75) is 25.3 Å². The summed E-state index contributed by atoms with van der Waals surface area (Å²) in [5.74, 6) is 0. The fraction of sp³-hybridized carbons (Fsp3) is 0.182. The summed E-state index contributed by atoms with van der Waals surface area (Å²) in [6, 6.07) is 13.0. The summed E-state index contributed by atoms with van der Waals surface area (Å²) in [5.41, 5.74) is 11.6. The summed E-state index contributed by atoms with van der Waals surface area (Å²) < 4.78 is 0. The first-order valence-electron chi connectivity index (χ1n) is 8.13. The zero-order valence-corrected chi connectivity index (χ0v) is 13.5. The van der Waals surface area contributed by atoms with E-state index in [1.54, 1.807) is 6.08 Å². The molecule has 3 rings (SSSR count). The van der Waals surface area contributed by atoms with Crippen molar-refractivity contribution in [2.24, 2.45) is 5.73 Å². The van der Waals surface area contributed by atoms with Crippen LogP contribution in [0.3, 0.4) is 0 Å². The Morgan fingerprint density at radius 1 is 1.17 bits per heavy atom. The Morgan fingerprint density at radius 3 is 2.87 bits per heavy atom. The van der Waals surface area contributed by atoms with Gasteiger partial charge < -0.3 is 5.73 Å². The Hall–Kier alpha value is -2.38. The summed E-state index contributed by atoms with van der Waals surface area (Å²) in [6.45, 7) is 7.81. The van der Waals surface area contributed by atoms with Gasteiger partial charge in [0.1, 0.15) is 0 Å². The predicted octanol–water partition coefficient (Wildman–Crippen LogP) is 3.27. The number of benzene rings is 2. The second-order valence-corrected chi connectivity index (χ2v) is 6.15. The molecule has 1 unspecified atom stereocenters. The van der Waals surface area contributed by atoms with Gasteiger partial charge in [0.2, 0.25) is 0 Å². The van der Waals surface area contributed by atoms with E-state index >= 15 is 0 Å². The molecule has 0 saturated heterocycles. The molecule has 1 atom stereocenters. The number of hydrogen-bond donors (Lipinski definition) is 1. The van der Waals surface area contributed by atoms with Crippen LogP contribution in [-0.4, -0.2) is 0 Å². The number of nitrogens with two attached hydrogens (primary N) is 1. The van der Waals surface area contributed by atoms with Crippen LogP contribution in [0.25, 0.3) is 18.7 Å². The van der Waals surface area contributed by atoms with E-state index < -0.39 is 0 Å². The molecule has 0 aromatic heterocycles. The smallest absolute Gasteiger partial charge is 0.0335 e. The van der Waals surface area contributed by atoms with E-state index in [1.807, 2.05) is 12.1 Å². The van der Waals surface area contributed by atoms with Gasteiger partial charge in [-0.1, -0.05) is 67.8 Å². The van der Waals surface area contributed by atoms with Gasteiger partial charge in [-0.2, -0.15) is 0 Å². The molecule has 1 heteroatoms. The maximum Gasteiger partial charge on any atom is 0.0335 e. The average Bonchev–Trinajstić information content (AvgIpc) is 2.57. The minimum atomic E-state index is 0.00266. The van der Waals surface area contributed by atoms with Gasteiger partial charge in [0.05, 0.1) is 0 Å². The minimum absolute atomic E-state index is 0.00266. The second-order valence-electron chi connectivity index (χ2n) is 6.15. The van der Waals surface area contributed by atoms with Crippen LogP contribution in [0.1, 0.15) is 34.7 Å². The largest absolute Gasteiger partial charge is 0.324 e. The molecule has 2 aromatic rings. The van der Waals surface area contributed by atoms with E-state index in [2.05, 4.69) is 55.6 Å². The molecule has 1 aliphatic rings. The molecule has 2 aromatic carbocycles. The van der Waals surface area contributed by atoms with Gasteiger partial charge in [0.25, 0.3) is 0 Å². The molecular formula is C22H23N. The SMILES string of the molecule is C=C/C=c1/cc(CC(N)c2ccc3c(c2)C=CCC3)ccc1=C. The quantitative estimate of drug-likeness (QED) is 0.921. The van der Waals surface area contributed by atoms with Gasteiger partial charge in [0, 0.05) is 6.04 Å². The average molecular weight is 301 g/mol. The number of allylic oxidation sites excluding steroid dienone is 2. The summed E-state index contributed by atoms with van der Waals surface area (Å²) in [6.07, 6.45) is 11.3. The highest BCUT2D eigenvalue weighted by Gasteiger charge is 2.11. The fourth-order valence-corrected chi connectivity index (χ4v) is 3.10. The third-order valence-electron chi connectivity index (χ3n) is 4.44. The third kappa shape index (κ3) is 3.52. The molecule has 0 aliphatic heterocycles. The summed E-state index contributed by atoms with van der Waals surface area (Å²) >= 11 is 0. The maximum absolute atomic E-state index is 6.45. The Kier molecular flexibility index (Phi) is 4.59. The Bertz CT molecular complexity index is 858. The van der Waals surface area contributed by atoms with E-state index in [0.717, 1.165) is 29.7 Å². The molecular weight excluding hydrogens is 278 g/mol. The minimum Gasteiger partial charge on any atom is -0.324 e. The van der Waals surface area contributed by atoms with Crippen LogP contribution in [0.5, 0.6) is 0 Å². The zero-order chi connectivity index (χ0) is 16.2. The number of rotatable bonds is 4. The van der Waals surface area contributed by atoms with Crippen molar-refractivity contribution in [2.75, 3.05) is 0 Å². The number of aryl methyl sites for hydroxylation is 1. The lowest BCUT2D eigenvalue weighted by molar-refractivity contribution is 0.720. The lowest BCUT2D eigenvalue weighted by atomic mass is 9.92. The highest BCUT2D eigenvalue weighted by molar-refractivity contribution is 5.57. The predicted molar refractivity (Wildman–Crippen MR) is 100 cm³/mol. The monoisotopic (exact) mass is 301 g/mol. The molecule has 1 nitrogen and oxygen atoms in total. The van der Waals surface area contributed by atoms with E-state index in [0.29, 0.717) is 0 Å². The molecule has 0 spiro atoms. The third-order valence-corrected chi connectivity index (χ3v) is 4.44. The van der Waals surface area contributed by atoms with Crippen LogP contribution in [-0.2, 0) is 12.8 Å². The van der Waals surface area contributed by atoms with Crippen LogP contribution < -0.4 is 16.2 Å². The first kappa shape index (κ1) is 15.5. The van der Waals surface area contributed by atoms with Gasteiger partial charge in [0.15, 0.2) is 0 Å². The van der Waals surface area contributed by atoms with Crippen LogP contribution >= 0.6 is 0 Å². The van der Waals surface area contributed by atoms with Crippen LogP contribution in [0.15, 0.2) is 55.1 Å². The summed E-state index contributed by atoms with van der Waals surface area (Å²) in [5, 5.41) is 2.12. The van der Waals surface area contributed by atoms with Crippen molar-refractivity contribution in [3.05, 3.63) is 87.8 Å². The molecule has 0 saturated carbocycles. The van der Waals surface area contributed by atoms with E-state index in [9.17, 15) is 0 Å². The molecule has 0 bridgehead atoms. The normalized spacial score (nSPS) is 15.3. The van der Waals surface area contributed by atoms with Gasteiger partial charge in [-0.05, 0) is 58.0 Å². The van der Waals surface area contributed by atoms with Crippen molar-refractivity contribution >= 4 is 18.7 Å². The van der Waals surface area contributed by atoms with E-state index in [4.69, 9.17) is 5.73 Å². The Balaban J connectivity index is 1.85. The van der Waals surface area contributed by atoms with Crippen molar-refractivity contribution in [3.63, 3.8) is 0 Å². The van der Waals surface area contributed by atoms with Gasteiger partial charge in [-0.15, -0.1) is 0 Å². The van der Waals surface area contributed by atoms with Gasteiger partial charge in [-0.3, -0.25) is 0 Å². The Labute approximate surface area is 138 Å². The lowest BCUT2D eigenvalue weighted by Crippen LogP contribution is -2.24. The first-order chi connectivity index (χ1) is 11.2. The number of hydrogen-bond acceptors (Lipinski definition) is 1. The molecule has 1 aliphatic carbocycles. The molecule has 23 heavy (non-hydrogen) atoms. The van der Waals surface area contributed by atoms with E-state index in [1.165, 1.54) is 22.3 Å². The van der Waals surface area contributed by atoms with Crippen LogP contribution in [0.4, 0.5) is 0 Å². The highest BCUT2D eigenvalue weighted by Crippen LogP contribution is 2.24. The zero-order valence-electron chi connectivity index (χ0n) is 13.5. The van der Waals surface area contributed by atoms with Crippen molar-refractivity contribution in [1.82, 2.24) is 0 Å². The van der Waals surface area contributed by atoms with Crippen molar-refractivity contribution < 1.29 is 0 Å². The molecule has 0 heterocycles. The standard InChI is InChI=1S/C22H23N/c1-3-6-19-13-17(10-9-16(19)2)14-22(23)21-12-11-18-7-4-5-8-20(18)15-21/h3,5-6,8-13,15,22H,1-2,4,7,14,23H2/b19-6-. The molecule has 2 N–H and O–H groups in total. The maximum atomic E-state index is 6.45. The number of fused-ring (bicyclic) bond motifs is 1. The second kappa shape index (κ2) is 6.80. The lowest BCUT2D eigenvalue weighted by Gasteiger charge is -2.16. The van der Waals surface area contributed by atoms with Crippen LogP contribution in [0, 0.1) is 0 Å². The molecule has 0 fully saturated rings. The van der Waals surface area contributed by atoms with Crippen molar-refractivity contribution in [3.8, 4) is 0 Å². The van der Waals surface area contributed by atoms with Crippen LogP contribution in [0.2, 0.25) is 0 Å². The molecule has 0 amide bonds. The Morgan fingerprint density at radius 2 is 2.04 bits per heavy atom. The first-order valence-corrected chi connectivity index (χ1v) is 8.13. The van der Waals surface area contributed by atoms with Gasteiger partial charge in [-0.25, -0.2) is 0 Å². The van der Waals surface area contributed by atoms with Gasteiger partial charge >= 0.3 is 0 Å². The van der Waals surface area contributed by atoms with E-state index in [-0.39, 0.29) is 6.04 Å². The highest BCUT2D eigenvalue weighted by atomic mass is 14.6. The molecule has 116 valence electrons. The topological polar surface area (TPSA) is 26.0 Å². The van der Waals surface area contributed by atoms with Crippen molar-refractivity contribution in [1.29, 1.82) is 0 Å². The summed E-state index contributed by atoms with van der Waals surface area (Å²) in [7, 11) is 0.